The van der Waals surface area contributed by atoms with Crippen LogP contribution in [0.15, 0.2) is 54.6 Å². The molecule has 5 nitrogen and oxygen atoms in total. The van der Waals surface area contributed by atoms with Crippen LogP contribution in [0.2, 0.25) is 0 Å². The molecule has 0 unspecified atom stereocenters. The minimum Gasteiger partial charge on any atom is -0.371 e. The Bertz CT molecular complexity index is 961. The first-order valence-electron chi connectivity index (χ1n) is 11.8. The molecule has 0 aliphatic carbocycles. The number of nitrogens with one attached hydrogen (secondary N) is 2. The van der Waals surface area contributed by atoms with E-state index in [0.29, 0.717) is 12.1 Å². The molecule has 2 fully saturated rings. The molecule has 1 aromatic heterocycles. The lowest BCUT2D eigenvalue weighted by molar-refractivity contribution is 0.0558. The van der Waals surface area contributed by atoms with E-state index in [-0.39, 0.29) is 0 Å². The summed E-state index contributed by atoms with van der Waals surface area (Å²) in [6.07, 6.45) is 2.39. The normalized spacial score (nSPS) is 19.5. The second-order valence-electron chi connectivity index (χ2n) is 9.33. The van der Waals surface area contributed by atoms with Crippen LogP contribution in [-0.4, -0.2) is 66.2 Å². The van der Waals surface area contributed by atoms with Gasteiger partial charge in [-0.25, -0.2) is 5.01 Å². The second-order valence-corrected chi connectivity index (χ2v) is 9.33. The van der Waals surface area contributed by atoms with E-state index in [4.69, 9.17) is 0 Å². The van der Waals surface area contributed by atoms with Crippen molar-refractivity contribution in [1.29, 1.82) is 0 Å². The number of para-hydroxylation sites is 1. The molecule has 2 saturated heterocycles. The fourth-order valence-electron chi connectivity index (χ4n) is 4.99. The minimum atomic E-state index is 0.596. The topological polar surface area (TPSA) is 37.5 Å². The molecule has 0 radical (unpaired) electrons. The Hall–Kier alpha value is -2.34. The molecule has 2 aromatic carbocycles. The molecule has 3 heterocycles. The summed E-state index contributed by atoms with van der Waals surface area (Å²) < 4.78 is 0. The number of hydrazine groups is 1. The molecule has 0 amide bonds. The first kappa shape index (κ1) is 20.6. The van der Waals surface area contributed by atoms with Crippen molar-refractivity contribution in [3.63, 3.8) is 0 Å². The molecule has 2 aliphatic rings. The van der Waals surface area contributed by atoms with E-state index in [1.165, 1.54) is 53.8 Å². The molecule has 0 bridgehead atoms. The molecule has 0 atom stereocenters. The van der Waals surface area contributed by atoms with Gasteiger partial charge >= 0.3 is 0 Å². The number of aromatic amines is 1. The summed E-state index contributed by atoms with van der Waals surface area (Å²) in [6, 6.07) is 21.0. The Labute approximate surface area is 186 Å². The van der Waals surface area contributed by atoms with Gasteiger partial charge in [-0.15, -0.1) is 0 Å². The van der Waals surface area contributed by atoms with Gasteiger partial charge in [0.2, 0.25) is 0 Å². The average molecular weight is 418 g/mol. The molecule has 3 aromatic rings. The van der Waals surface area contributed by atoms with E-state index >= 15 is 0 Å². The largest absolute Gasteiger partial charge is 0.371 e. The van der Waals surface area contributed by atoms with Crippen molar-refractivity contribution >= 4 is 16.6 Å². The second kappa shape index (κ2) is 9.03. The Kier molecular flexibility index (Phi) is 5.99. The van der Waals surface area contributed by atoms with Crippen molar-refractivity contribution in [2.75, 3.05) is 44.2 Å². The summed E-state index contributed by atoms with van der Waals surface area (Å²) in [4.78, 5) is 8.68. The van der Waals surface area contributed by atoms with Gasteiger partial charge in [0, 0.05) is 73.6 Å². The van der Waals surface area contributed by atoms with E-state index in [1.807, 2.05) is 0 Å². The number of rotatable bonds is 5. The number of hydrogen-bond acceptors (Lipinski definition) is 4. The van der Waals surface area contributed by atoms with Crippen LogP contribution >= 0.6 is 0 Å². The highest BCUT2D eigenvalue weighted by molar-refractivity contribution is 5.86. The lowest BCUT2D eigenvalue weighted by Gasteiger charge is -2.41. The van der Waals surface area contributed by atoms with Gasteiger partial charge in [-0.1, -0.05) is 30.3 Å². The third-order valence-corrected chi connectivity index (χ3v) is 6.96. The predicted octanol–water partition coefficient (Wildman–Crippen LogP) is 4.33. The van der Waals surface area contributed by atoms with Crippen LogP contribution in [0.4, 0.5) is 5.69 Å². The summed E-state index contributed by atoms with van der Waals surface area (Å²) >= 11 is 0. The number of H-pyrrole nitrogens is 1. The summed E-state index contributed by atoms with van der Waals surface area (Å²) in [5.41, 5.74) is 8.80. The number of piperazine rings is 1. The fraction of sp³-hybridized carbons (Fsp3) is 0.462. The summed E-state index contributed by atoms with van der Waals surface area (Å²) in [7, 11) is 0. The molecular formula is C26H35N5. The van der Waals surface area contributed by atoms with Crippen molar-refractivity contribution in [2.45, 2.75) is 38.8 Å². The van der Waals surface area contributed by atoms with Gasteiger partial charge in [0.1, 0.15) is 0 Å². The van der Waals surface area contributed by atoms with E-state index < -0.39 is 0 Å². The summed E-state index contributed by atoms with van der Waals surface area (Å²) in [6.45, 7) is 11.4. The summed E-state index contributed by atoms with van der Waals surface area (Å²) in [5.74, 6) is 0. The van der Waals surface area contributed by atoms with Crippen LogP contribution in [0.3, 0.4) is 0 Å². The van der Waals surface area contributed by atoms with Gasteiger partial charge in [-0.05, 0) is 56.5 Å². The average Bonchev–Trinajstić information content (AvgIpc) is 3.25. The smallest absolute Gasteiger partial charge is 0.0465 e. The predicted molar refractivity (Wildman–Crippen MR) is 130 cm³/mol. The van der Waals surface area contributed by atoms with Crippen LogP contribution in [0.5, 0.6) is 0 Å². The van der Waals surface area contributed by atoms with Crippen molar-refractivity contribution in [3.05, 3.63) is 54.6 Å². The number of anilines is 1. The highest BCUT2D eigenvalue weighted by atomic mass is 15.5. The molecule has 164 valence electrons. The van der Waals surface area contributed by atoms with E-state index in [2.05, 4.69) is 93.7 Å². The van der Waals surface area contributed by atoms with E-state index in [1.54, 1.807) is 0 Å². The lowest BCUT2D eigenvalue weighted by Crippen LogP contribution is -2.57. The maximum atomic E-state index is 3.82. The first-order chi connectivity index (χ1) is 15.2. The molecule has 5 rings (SSSR count). The van der Waals surface area contributed by atoms with Crippen LogP contribution in [0, 0.1) is 0 Å². The van der Waals surface area contributed by atoms with Gasteiger partial charge in [0.25, 0.3) is 0 Å². The van der Waals surface area contributed by atoms with Crippen molar-refractivity contribution < 1.29 is 0 Å². The van der Waals surface area contributed by atoms with Crippen molar-refractivity contribution in [1.82, 2.24) is 20.3 Å². The highest BCUT2D eigenvalue weighted by Gasteiger charge is 2.24. The van der Waals surface area contributed by atoms with Gasteiger partial charge in [0.05, 0.1) is 0 Å². The van der Waals surface area contributed by atoms with Crippen molar-refractivity contribution in [3.8, 4) is 11.3 Å². The van der Waals surface area contributed by atoms with Crippen LogP contribution in [-0.2, 0) is 0 Å². The van der Waals surface area contributed by atoms with Gasteiger partial charge in [0.15, 0.2) is 0 Å². The highest BCUT2D eigenvalue weighted by Crippen LogP contribution is 2.28. The van der Waals surface area contributed by atoms with Crippen LogP contribution in [0.1, 0.15) is 26.7 Å². The van der Waals surface area contributed by atoms with Crippen LogP contribution < -0.4 is 10.3 Å². The van der Waals surface area contributed by atoms with Gasteiger partial charge in [-0.2, -0.15) is 0 Å². The molecule has 0 spiro atoms. The summed E-state index contributed by atoms with van der Waals surface area (Å²) in [5, 5.41) is 3.72. The minimum absolute atomic E-state index is 0.596. The number of piperidine rings is 1. The number of nitrogens with zero attached hydrogens (tertiary/aromatic N) is 3. The molecular weight excluding hydrogens is 382 g/mol. The lowest BCUT2D eigenvalue weighted by atomic mass is 10.0. The maximum absolute atomic E-state index is 3.82. The monoisotopic (exact) mass is 417 g/mol. The molecule has 2 aliphatic heterocycles. The fourth-order valence-corrected chi connectivity index (χ4v) is 4.99. The zero-order valence-corrected chi connectivity index (χ0v) is 18.8. The van der Waals surface area contributed by atoms with Crippen molar-refractivity contribution in [2.24, 2.45) is 0 Å². The zero-order valence-electron chi connectivity index (χ0n) is 18.8. The maximum Gasteiger partial charge on any atom is 0.0465 e. The standard InChI is InChI=1S/C26H35N5/c1-20(2)29-14-16-31(17-15-29)28-23-10-12-30(13-11-23)24-8-5-7-21(18-24)26-19-22-6-3-4-9-25(22)27-26/h3-9,18-20,23,27-28H,10-17H2,1-2H3. The zero-order chi connectivity index (χ0) is 21.2. The number of benzene rings is 2. The van der Waals surface area contributed by atoms with Crippen LogP contribution in [0.25, 0.3) is 22.2 Å². The third kappa shape index (κ3) is 4.64. The Morgan fingerprint density at radius 3 is 2.39 bits per heavy atom. The number of fused-ring (bicyclic) bond motifs is 1. The molecule has 5 heteroatoms. The Balaban J connectivity index is 1.18. The quantitative estimate of drug-likeness (QED) is 0.648. The van der Waals surface area contributed by atoms with Gasteiger partial charge in [-0.3, -0.25) is 10.3 Å². The number of hydrogen-bond donors (Lipinski definition) is 2. The SMILES string of the molecule is CC(C)N1CCN(NC2CCN(c3cccc(-c4cc5ccccc5[nH]4)c3)CC2)CC1. The van der Waals surface area contributed by atoms with E-state index in [9.17, 15) is 0 Å². The molecule has 2 N–H and O–H groups in total. The van der Waals surface area contributed by atoms with Gasteiger partial charge < -0.3 is 9.88 Å². The molecule has 0 saturated carbocycles. The van der Waals surface area contributed by atoms with E-state index in [0.717, 1.165) is 26.2 Å². The number of aromatic nitrogens is 1. The Morgan fingerprint density at radius 1 is 0.871 bits per heavy atom. The molecule has 31 heavy (non-hydrogen) atoms. The first-order valence-corrected chi connectivity index (χ1v) is 11.8. The third-order valence-electron chi connectivity index (χ3n) is 6.96. The Morgan fingerprint density at radius 2 is 1.65 bits per heavy atom.